The van der Waals surface area contributed by atoms with Crippen molar-refractivity contribution in [1.29, 1.82) is 0 Å². The average molecular weight is 323 g/mol. The van der Waals surface area contributed by atoms with Crippen LogP contribution in [0.2, 0.25) is 0 Å². The summed E-state index contributed by atoms with van der Waals surface area (Å²) in [6.07, 6.45) is 1.38. The molecule has 8 heteroatoms. The van der Waals surface area contributed by atoms with Gasteiger partial charge in [0.05, 0.1) is 25.1 Å². The third-order valence-electron chi connectivity index (χ3n) is 3.21. The number of hydrogen-bond acceptors (Lipinski definition) is 6. The zero-order valence-electron chi connectivity index (χ0n) is 13.3. The van der Waals surface area contributed by atoms with Crippen LogP contribution in [-0.4, -0.2) is 35.1 Å². The molecule has 0 spiro atoms. The van der Waals surface area contributed by atoms with Crippen LogP contribution in [0.25, 0.3) is 5.65 Å². The molecule has 1 N–H and O–H groups in total. The predicted molar refractivity (Wildman–Crippen MR) is 81.9 cm³/mol. The third-order valence-corrected chi connectivity index (χ3v) is 3.21. The monoisotopic (exact) mass is 323 g/mol. The van der Waals surface area contributed by atoms with Gasteiger partial charge in [-0.25, -0.2) is 14.2 Å². The molecule has 7 nitrogen and oxygen atoms in total. The number of anilines is 1. The lowest BCUT2D eigenvalue weighted by molar-refractivity contribution is -0.144. The molecule has 0 aliphatic carbocycles. The number of carbonyl (C=O) groups is 1. The molecule has 2 rings (SSSR count). The van der Waals surface area contributed by atoms with Gasteiger partial charge in [-0.2, -0.15) is 0 Å². The second-order valence-electron chi connectivity index (χ2n) is 5.53. The first kappa shape index (κ1) is 16.9. The molecule has 0 aromatic carbocycles. The molecule has 0 saturated carbocycles. The molecule has 0 aliphatic rings. The number of nitrogens with zero attached hydrogens (tertiary/aromatic N) is 2. The van der Waals surface area contributed by atoms with Crippen molar-refractivity contribution in [3.8, 4) is 0 Å². The highest BCUT2D eigenvalue weighted by molar-refractivity contribution is 5.83. The minimum atomic E-state index is -1.08. The number of rotatable bonds is 5. The minimum Gasteiger partial charge on any atom is -0.467 e. The molecule has 0 radical (unpaired) electrons. The van der Waals surface area contributed by atoms with Crippen LogP contribution in [0.3, 0.4) is 0 Å². The van der Waals surface area contributed by atoms with Crippen LogP contribution in [0.15, 0.2) is 23.1 Å². The number of fused-ring (bicyclic) bond motifs is 1. The van der Waals surface area contributed by atoms with Gasteiger partial charge in [0.15, 0.2) is 11.5 Å². The molecule has 0 amide bonds. The van der Waals surface area contributed by atoms with Crippen molar-refractivity contribution in [1.82, 2.24) is 9.38 Å². The summed E-state index contributed by atoms with van der Waals surface area (Å²) in [7, 11) is 2.72. The molecule has 23 heavy (non-hydrogen) atoms. The maximum Gasteiger partial charge on any atom is 0.330 e. The van der Waals surface area contributed by atoms with Crippen molar-refractivity contribution in [3.63, 3.8) is 0 Å². The Balaban J connectivity index is 2.50. The summed E-state index contributed by atoms with van der Waals surface area (Å²) in [6, 6.07) is 2.44. The van der Waals surface area contributed by atoms with Crippen molar-refractivity contribution in [3.05, 3.63) is 40.2 Å². The Kier molecular flexibility index (Phi) is 4.65. The zero-order chi connectivity index (χ0) is 17.2. The van der Waals surface area contributed by atoms with Crippen LogP contribution in [0, 0.1) is 5.82 Å². The fourth-order valence-corrected chi connectivity index (χ4v) is 2.17. The SMILES string of the molecule is COCc1cc(=O)n2cc(NC(C)(C)C(=O)OC)cc(F)c2n1. The van der Waals surface area contributed by atoms with Crippen LogP contribution < -0.4 is 10.9 Å². The number of carbonyl (C=O) groups excluding carboxylic acids is 1. The molecule has 0 aliphatic heterocycles. The summed E-state index contributed by atoms with van der Waals surface area (Å²) in [4.78, 5) is 27.9. The lowest BCUT2D eigenvalue weighted by Gasteiger charge is -2.24. The number of ether oxygens (including phenoxy) is 2. The van der Waals surface area contributed by atoms with Crippen molar-refractivity contribution in [2.24, 2.45) is 0 Å². The van der Waals surface area contributed by atoms with E-state index in [-0.39, 0.29) is 17.9 Å². The first-order valence-corrected chi connectivity index (χ1v) is 6.86. The van der Waals surface area contributed by atoms with E-state index in [1.54, 1.807) is 13.8 Å². The minimum absolute atomic E-state index is 0.106. The summed E-state index contributed by atoms with van der Waals surface area (Å²) < 4.78 is 24.9. The molecular formula is C15H18FN3O4. The first-order chi connectivity index (χ1) is 10.8. The highest BCUT2D eigenvalue weighted by atomic mass is 19.1. The van der Waals surface area contributed by atoms with Crippen molar-refractivity contribution in [2.75, 3.05) is 19.5 Å². The topological polar surface area (TPSA) is 81.9 Å². The molecule has 0 saturated heterocycles. The second kappa shape index (κ2) is 6.33. The van der Waals surface area contributed by atoms with Crippen molar-refractivity contribution >= 4 is 17.3 Å². The molecule has 0 atom stereocenters. The van der Waals surface area contributed by atoms with E-state index in [9.17, 15) is 14.0 Å². The summed E-state index contributed by atoms with van der Waals surface area (Å²) in [5.41, 5.74) is -1.03. The van der Waals surface area contributed by atoms with E-state index >= 15 is 0 Å². The summed E-state index contributed by atoms with van der Waals surface area (Å²) in [5.74, 6) is -1.20. The number of hydrogen-bond donors (Lipinski definition) is 1. The maximum atomic E-state index is 14.3. The summed E-state index contributed by atoms with van der Waals surface area (Å²) in [6.45, 7) is 3.29. The number of esters is 1. The molecule has 2 heterocycles. The van der Waals surface area contributed by atoms with Gasteiger partial charge in [-0.3, -0.25) is 9.20 Å². The fraction of sp³-hybridized carbons (Fsp3) is 0.400. The quantitative estimate of drug-likeness (QED) is 0.836. The van der Waals surface area contributed by atoms with E-state index in [2.05, 4.69) is 15.0 Å². The fourth-order valence-electron chi connectivity index (χ4n) is 2.17. The number of aromatic nitrogens is 2. The highest BCUT2D eigenvalue weighted by Gasteiger charge is 2.28. The Morgan fingerprint density at radius 3 is 2.70 bits per heavy atom. The third kappa shape index (κ3) is 3.48. The lowest BCUT2D eigenvalue weighted by atomic mass is 10.1. The van der Waals surface area contributed by atoms with Crippen LogP contribution in [0.1, 0.15) is 19.5 Å². The van der Waals surface area contributed by atoms with Crippen LogP contribution in [0.5, 0.6) is 0 Å². The van der Waals surface area contributed by atoms with Gasteiger partial charge in [0.2, 0.25) is 0 Å². The Bertz CT molecular complexity index is 801. The number of halogens is 1. The maximum absolute atomic E-state index is 14.3. The van der Waals surface area contributed by atoms with Gasteiger partial charge >= 0.3 is 5.97 Å². The Morgan fingerprint density at radius 2 is 2.09 bits per heavy atom. The van der Waals surface area contributed by atoms with Gasteiger partial charge in [0.1, 0.15) is 5.54 Å². The largest absolute Gasteiger partial charge is 0.467 e. The van der Waals surface area contributed by atoms with Gasteiger partial charge in [-0.05, 0) is 13.8 Å². The van der Waals surface area contributed by atoms with Gasteiger partial charge in [-0.1, -0.05) is 0 Å². The van der Waals surface area contributed by atoms with Crippen LogP contribution in [0.4, 0.5) is 10.1 Å². The van der Waals surface area contributed by atoms with Crippen LogP contribution >= 0.6 is 0 Å². The van der Waals surface area contributed by atoms with Gasteiger partial charge in [0.25, 0.3) is 5.56 Å². The Morgan fingerprint density at radius 1 is 1.39 bits per heavy atom. The molecule has 2 aromatic rings. The normalized spacial score (nSPS) is 11.5. The van der Waals surface area contributed by atoms with Crippen molar-refractivity contribution < 1.29 is 18.7 Å². The van der Waals surface area contributed by atoms with Gasteiger partial charge in [0, 0.05) is 25.4 Å². The van der Waals surface area contributed by atoms with E-state index in [1.807, 2.05) is 0 Å². The molecule has 124 valence electrons. The Labute approximate surface area is 132 Å². The van der Waals surface area contributed by atoms with Crippen molar-refractivity contribution in [2.45, 2.75) is 26.0 Å². The van der Waals surface area contributed by atoms with E-state index in [0.29, 0.717) is 5.69 Å². The van der Waals surface area contributed by atoms with Gasteiger partial charge < -0.3 is 14.8 Å². The Hall–Kier alpha value is -2.48. The first-order valence-electron chi connectivity index (χ1n) is 6.86. The number of pyridine rings is 1. The number of methoxy groups -OCH3 is 2. The summed E-state index contributed by atoms with van der Waals surface area (Å²) >= 11 is 0. The zero-order valence-corrected chi connectivity index (χ0v) is 13.3. The van der Waals surface area contributed by atoms with Crippen LogP contribution in [-0.2, 0) is 20.9 Å². The molecule has 0 fully saturated rings. The van der Waals surface area contributed by atoms with E-state index in [1.165, 1.54) is 32.5 Å². The van der Waals surface area contributed by atoms with E-state index < -0.39 is 22.9 Å². The van der Waals surface area contributed by atoms with E-state index in [4.69, 9.17) is 4.74 Å². The lowest BCUT2D eigenvalue weighted by Crippen LogP contribution is -2.41. The molecule has 0 unspecified atom stereocenters. The van der Waals surface area contributed by atoms with E-state index in [0.717, 1.165) is 4.40 Å². The average Bonchev–Trinajstić information content (AvgIpc) is 2.47. The van der Waals surface area contributed by atoms with Gasteiger partial charge in [-0.15, -0.1) is 0 Å². The number of nitrogens with one attached hydrogen (secondary N) is 1. The highest BCUT2D eigenvalue weighted by Crippen LogP contribution is 2.19. The second-order valence-corrected chi connectivity index (χ2v) is 5.53. The predicted octanol–water partition coefficient (Wildman–Crippen LogP) is 1.34. The standard InChI is InChI=1S/C15H18FN3O4/c1-15(2,14(21)23-4)18-9-5-11(16)13-17-10(8-22-3)6-12(20)19(13)7-9/h5-7,18H,8H2,1-4H3. The molecular weight excluding hydrogens is 305 g/mol. The smallest absolute Gasteiger partial charge is 0.330 e. The molecule has 0 bridgehead atoms. The summed E-state index contributed by atoms with van der Waals surface area (Å²) in [5, 5.41) is 2.84. The molecule has 2 aromatic heterocycles.